The van der Waals surface area contributed by atoms with Crippen molar-refractivity contribution >= 4 is 11.6 Å². The smallest absolute Gasteiger partial charge is 0.163 e. The number of ketones is 2. The third-order valence-corrected chi connectivity index (χ3v) is 4.80. The van der Waals surface area contributed by atoms with Gasteiger partial charge in [0.25, 0.3) is 0 Å². The largest absolute Gasteiger partial charge is 0.294 e. The van der Waals surface area contributed by atoms with E-state index in [-0.39, 0.29) is 29.3 Å². The molecular formula is C14H16O2. The molecule has 0 saturated heterocycles. The predicted molar refractivity (Wildman–Crippen MR) is 60.7 cm³/mol. The van der Waals surface area contributed by atoms with Gasteiger partial charge >= 0.3 is 0 Å². The number of carbonyl (C=O) groups is 2. The Morgan fingerprint density at radius 1 is 1.25 bits per heavy atom. The second kappa shape index (κ2) is 2.93. The van der Waals surface area contributed by atoms with Crippen molar-refractivity contribution in [1.82, 2.24) is 0 Å². The summed E-state index contributed by atoms with van der Waals surface area (Å²) in [5.74, 6) is 0.821. The van der Waals surface area contributed by atoms with E-state index in [9.17, 15) is 9.59 Å². The fraction of sp³-hybridized carbons (Fsp3) is 0.571. The van der Waals surface area contributed by atoms with Gasteiger partial charge in [-0.1, -0.05) is 19.1 Å². The molecule has 1 saturated carbocycles. The Hall–Kier alpha value is -1.18. The van der Waals surface area contributed by atoms with E-state index in [4.69, 9.17) is 0 Å². The maximum absolute atomic E-state index is 12.2. The van der Waals surface area contributed by atoms with Gasteiger partial charge in [-0.15, -0.1) is 0 Å². The van der Waals surface area contributed by atoms with Crippen LogP contribution in [0.4, 0.5) is 0 Å². The van der Waals surface area contributed by atoms with Crippen molar-refractivity contribution in [2.24, 2.45) is 23.2 Å². The van der Waals surface area contributed by atoms with Crippen molar-refractivity contribution in [1.29, 1.82) is 0 Å². The molecule has 0 aromatic heterocycles. The molecule has 4 aliphatic carbocycles. The van der Waals surface area contributed by atoms with Crippen molar-refractivity contribution in [3.8, 4) is 0 Å². The van der Waals surface area contributed by atoms with Crippen LogP contribution in [0.3, 0.4) is 0 Å². The van der Waals surface area contributed by atoms with Crippen molar-refractivity contribution in [2.75, 3.05) is 0 Å². The molecule has 16 heavy (non-hydrogen) atoms. The summed E-state index contributed by atoms with van der Waals surface area (Å²) in [6.45, 7) is 3.76. The lowest BCUT2D eigenvalue weighted by Crippen LogP contribution is -2.55. The molecular weight excluding hydrogens is 200 g/mol. The Morgan fingerprint density at radius 3 is 2.62 bits per heavy atom. The molecule has 0 aromatic carbocycles. The molecule has 1 fully saturated rings. The minimum Gasteiger partial charge on any atom is -0.294 e. The molecule has 4 atom stereocenters. The molecule has 0 spiro atoms. The van der Waals surface area contributed by atoms with Gasteiger partial charge < -0.3 is 0 Å². The summed E-state index contributed by atoms with van der Waals surface area (Å²) in [6.07, 6.45) is 8.00. The monoisotopic (exact) mass is 216 g/mol. The summed E-state index contributed by atoms with van der Waals surface area (Å²) >= 11 is 0. The predicted octanol–water partition coefficient (Wildman–Crippen LogP) is 2.30. The van der Waals surface area contributed by atoms with Crippen LogP contribution in [0.5, 0.6) is 0 Å². The molecule has 4 aliphatic rings. The van der Waals surface area contributed by atoms with Gasteiger partial charge in [0.15, 0.2) is 11.6 Å². The number of rotatable bonds is 0. The van der Waals surface area contributed by atoms with Crippen LogP contribution in [0.1, 0.15) is 26.7 Å². The van der Waals surface area contributed by atoms with Gasteiger partial charge in [-0.05, 0) is 43.3 Å². The maximum atomic E-state index is 12.2. The van der Waals surface area contributed by atoms with E-state index < -0.39 is 5.41 Å². The normalized spacial score (nSPS) is 45.6. The summed E-state index contributed by atoms with van der Waals surface area (Å²) in [6, 6.07) is 0. The molecule has 0 unspecified atom stereocenters. The number of Topliss-reactive ketones (excluding diaryl/α,β-unsaturated/α-hetero) is 1. The fourth-order valence-corrected chi connectivity index (χ4v) is 3.77. The van der Waals surface area contributed by atoms with E-state index in [2.05, 4.69) is 12.2 Å². The van der Waals surface area contributed by atoms with Crippen molar-refractivity contribution in [2.45, 2.75) is 26.7 Å². The molecule has 2 bridgehead atoms. The molecule has 0 radical (unpaired) electrons. The molecule has 2 nitrogen and oxygen atoms in total. The van der Waals surface area contributed by atoms with Crippen LogP contribution in [0.25, 0.3) is 0 Å². The Kier molecular flexibility index (Phi) is 1.84. The zero-order valence-corrected chi connectivity index (χ0v) is 9.69. The molecule has 0 amide bonds. The molecule has 2 heteroatoms. The van der Waals surface area contributed by atoms with Crippen molar-refractivity contribution < 1.29 is 9.59 Å². The highest BCUT2D eigenvalue weighted by Crippen LogP contribution is 2.55. The van der Waals surface area contributed by atoms with Gasteiger partial charge in [0.05, 0.1) is 0 Å². The van der Waals surface area contributed by atoms with E-state index >= 15 is 0 Å². The third kappa shape index (κ3) is 0.977. The first-order chi connectivity index (χ1) is 7.55. The summed E-state index contributed by atoms with van der Waals surface area (Å²) in [7, 11) is 0. The average molecular weight is 216 g/mol. The van der Waals surface area contributed by atoms with Gasteiger partial charge in [0.2, 0.25) is 0 Å². The second-order valence-corrected chi connectivity index (χ2v) is 5.55. The van der Waals surface area contributed by atoms with Gasteiger partial charge in [0, 0.05) is 11.3 Å². The van der Waals surface area contributed by atoms with Gasteiger partial charge in [-0.2, -0.15) is 0 Å². The summed E-state index contributed by atoms with van der Waals surface area (Å²) < 4.78 is 0. The van der Waals surface area contributed by atoms with Gasteiger partial charge in [-0.3, -0.25) is 9.59 Å². The zero-order valence-electron chi connectivity index (χ0n) is 9.69. The first-order valence-electron chi connectivity index (χ1n) is 6.00. The summed E-state index contributed by atoms with van der Waals surface area (Å²) in [5.41, 5.74) is 0.197. The Morgan fingerprint density at radius 2 is 2.00 bits per heavy atom. The average Bonchev–Trinajstić information content (AvgIpc) is 2.28. The maximum Gasteiger partial charge on any atom is 0.163 e. The standard InChI is InChI=1S/C14H16O2/c1-8-7-11(15)14(2)10-5-3-9(4-6-10)12(14)13(8)16/h3,5,7,9-10,12H,4,6H2,1-2H3/t9-,10+,12+,14-/m0/s1. The highest BCUT2D eigenvalue weighted by atomic mass is 16.1. The summed E-state index contributed by atoms with van der Waals surface area (Å²) in [5, 5.41) is 0. The quantitative estimate of drug-likeness (QED) is 0.582. The topological polar surface area (TPSA) is 34.1 Å². The van der Waals surface area contributed by atoms with E-state index in [0.717, 1.165) is 12.8 Å². The van der Waals surface area contributed by atoms with Crippen LogP contribution in [-0.2, 0) is 9.59 Å². The zero-order chi connectivity index (χ0) is 11.5. The minimum atomic E-state index is -0.450. The van der Waals surface area contributed by atoms with Crippen LogP contribution >= 0.6 is 0 Å². The Labute approximate surface area is 95.4 Å². The van der Waals surface area contributed by atoms with Gasteiger partial charge in [-0.25, -0.2) is 0 Å². The third-order valence-electron chi connectivity index (χ3n) is 4.80. The number of hydrogen-bond donors (Lipinski definition) is 0. The molecule has 84 valence electrons. The van der Waals surface area contributed by atoms with E-state index in [0.29, 0.717) is 5.57 Å². The Balaban J connectivity index is 2.19. The number of carbonyl (C=O) groups excluding carboxylic acids is 2. The second-order valence-electron chi connectivity index (χ2n) is 5.55. The lowest BCUT2D eigenvalue weighted by Gasteiger charge is -2.52. The fourth-order valence-electron chi connectivity index (χ4n) is 3.77. The Bertz CT molecular complexity index is 444. The SMILES string of the molecule is CC1=CC(=O)[C@]2(C)[C@@H]3C=C[C@@H](CC3)[C@@H]2C1=O. The number of hydrogen-bond acceptors (Lipinski definition) is 2. The lowest BCUT2D eigenvalue weighted by molar-refractivity contribution is -0.144. The van der Waals surface area contributed by atoms with Crippen molar-refractivity contribution in [3.05, 3.63) is 23.8 Å². The molecule has 0 aromatic rings. The number of allylic oxidation sites excluding steroid dienone is 4. The van der Waals surface area contributed by atoms with Crippen molar-refractivity contribution in [3.63, 3.8) is 0 Å². The van der Waals surface area contributed by atoms with E-state index in [1.165, 1.54) is 0 Å². The van der Waals surface area contributed by atoms with Crippen LogP contribution in [0.2, 0.25) is 0 Å². The first-order valence-corrected chi connectivity index (χ1v) is 6.00. The van der Waals surface area contributed by atoms with Crippen LogP contribution in [0, 0.1) is 23.2 Å². The number of fused-ring (bicyclic) bond motifs is 1. The first kappa shape index (κ1) is 10.0. The summed E-state index contributed by atoms with van der Waals surface area (Å²) in [4.78, 5) is 24.5. The van der Waals surface area contributed by atoms with Crippen LogP contribution in [-0.4, -0.2) is 11.6 Å². The molecule has 0 aliphatic heterocycles. The molecule has 0 heterocycles. The highest BCUT2D eigenvalue weighted by molar-refractivity contribution is 6.12. The van der Waals surface area contributed by atoms with Crippen LogP contribution < -0.4 is 0 Å². The molecule has 4 rings (SSSR count). The lowest BCUT2D eigenvalue weighted by atomic mass is 9.49. The van der Waals surface area contributed by atoms with Crippen LogP contribution in [0.15, 0.2) is 23.8 Å². The van der Waals surface area contributed by atoms with Gasteiger partial charge in [0.1, 0.15) is 0 Å². The van der Waals surface area contributed by atoms with E-state index in [1.54, 1.807) is 13.0 Å². The molecule has 0 N–H and O–H groups in total. The van der Waals surface area contributed by atoms with E-state index in [1.807, 2.05) is 6.92 Å². The minimum absolute atomic E-state index is 0.0891. The highest BCUT2D eigenvalue weighted by Gasteiger charge is 2.57.